The highest BCUT2D eigenvalue weighted by atomic mass is 15.2. The van der Waals surface area contributed by atoms with Gasteiger partial charge >= 0.3 is 0 Å². The predicted molar refractivity (Wildman–Crippen MR) is 114 cm³/mol. The maximum atomic E-state index is 4.74. The number of hydrogen-bond donors (Lipinski definition) is 3. The molecule has 2 aliphatic rings. The molecule has 5 heterocycles. The van der Waals surface area contributed by atoms with E-state index in [1.807, 2.05) is 18.5 Å². The van der Waals surface area contributed by atoms with Crippen molar-refractivity contribution in [3.63, 3.8) is 0 Å². The molecular weight excluding hydrogens is 362 g/mol. The topological polar surface area (TPSA) is 95.2 Å². The number of hydrogen-bond acceptors (Lipinski definition) is 5. The summed E-state index contributed by atoms with van der Waals surface area (Å²) in [6.45, 7) is 1.89. The van der Waals surface area contributed by atoms with E-state index in [9.17, 15) is 0 Å². The maximum Gasteiger partial charge on any atom is 0.181 e. The Kier molecular flexibility index (Phi) is 3.67. The van der Waals surface area contributed by atoms with Gasteiger partial charge in [-0.25, -0.2) is 15.0 Å². The number of nitrogens with one attached hydrogen (secondary N) is 3. The summed E-state index contributed by atoms with van der Waals surface area (Å²) in [6.07, 6.45) is 14.4. The largest absolute Gasteiger partial charge is 0.335 e. The first-order chi connectivity index (χ1) is 14.4. The van der Waals surface area contributed by atoms with Crippen molar-refractivity contribution in [2.24, 2.45) is 0 Å². The second-order valence-electron chi connectivity index (χ2n) is 7.32. The number of pyridine rings is 2. The van der Waals surface area contributed by atoms with Crippen molar-refractivity contribution < 1.29 is 0 Å². The highest BCUT2D eigenvalue weighted by Crippen LogP contribution is 2.31. The van der Waals surface area contributed by atoms with Crippen molar-refractivity contribution in [2.75, 3.05) is 13.1 Å². The molecule has 7 nitrogen and oxygen atoms in total. The molecule has 6 rings (SSSR count). The average Bonchev–Trinajstić information content (AvgIpc) is 3.52. The fourth-order valence-electron chi connectivity index (χ4n) is 4.07. The van der Waals surface area contributed by atoms with Crippen LogP contribution < -0.4 is 5.32 Å². The van der Waals surface area contributed by atoms with E-state index in [1.165, 1.54) is 11.1 Å². The Balaban J connectivity index is 1.49. The van der Waals surface area contributed by atoms with Gasteiger partial charge in [0.15, 0.2) is 17.1 Å². The Morgan fingerprint density at radius 1 is 1.07 bits per heavy atom. The van der Waals surface area contributed by atoms with Crippen LogP contribution in [-0.2, 0) is 0 Å². The summed E-state index contributed by atoms with van der Waals surface area (Å²) in [6, 6.07) is 4.18. The van der Waals surface area contributed by atoms with Crippen LogP contribution in [0.25, 0.3) is 44.9 Å². The van der Waals surface area contributed by atoms with Gasteiger partial charge in [-0.3, -0.25) is 5.10 Å². The summed E-state index contributed by atoms with van der Waals surface area (Å²) in [5, 5.41) is 11.8. The van der Waals surface area contributed by atoms with Gasteiger partial charge in [-0.15, -0.1) is 0 Å². The van der Waals surface area contributed by atoms with Gasteiger partial charge in [0.2, 0.25) is 0 Å². The number of allylic oxidation sites excluding steroid dienone is 4. The molecule has 0 radical (unpaired) electrons. The SMILES string of the molecule is C1=CC(c2ccnc3nc(-c4[nH]nc5ncc(C6=CCNCC6)cc45)[nH]c23)=CC1. The number of aromatic amines is 2. The first-order valence-corrected chi connectivity index (χ1v) is 9.83. The van der Waals surface area contributed by atoms with Gasteiger partial charge in [0.1, 0.15) is 5.69 Å². The second kappa shape index (κ2) is 6.49. The summed E-state index contributed by atoms with van der Waals surface area (Å²) in [4.78, 5) is 17.2. The molecule has 0 fully saturated rings. The summed E-state index contributed by atoms with van der Waals surface area (Å²) in [7, 11) is 0. The van der Waals surface area contributed by atoms with E-state index in [4.69, 9.17) is 4.98 Å². The van der Waals surface area contributed by atoms with E-state index in [0.29, 0.717) is 11.3 Å². The molecule has 3 N–H and O–H groups in total. The molecule has 0 saturated heterocycles. The third-order valence-electron chi connectivity index (χ3n) is 5.56. The Labute approximate surface area is 166 Å². The van der Waals surface area contributed by atoms with Gasteiger partial charge < -0.3 is 10.3 Å². The number of nitrogens with zero attached hydrogens (tertiary/aromatic N) is 4. The van der Waals surface area contributed by atoms with Crippen LogP contribution in [0, 0.1) is 0 Å². The van der Waals surface area contributed by atoms with Gasteiger partial charge in [0.25, 0.3) is 0 Å². The normalized spacial score (nSPS) is 16.6. The van der Waals surface area contributed by atoms with Gasteiger partial charge in [-0.2, -0.15) is 5.10 Å². The van der Waals surface area contributed by atoms with Crippen molar-refractivity contribution in [3.8, 4) is 11.5 Å². The van der Waals surface area contributed by atoms with Gasteiger partial charge in [-0.05, 0) is 48.2 Å². The minimum Gasteiger partial charge on any atom is -0.335 e. The zero-order valence-corrected chi connectivity index (χ0v) is 15.7. The lowest BCUT2D eigenvalue weighted by Gasteiger charge is -2.13. The third kappa shape index (κ3) is 2.70. The molecule has 0 bridgehead atoms. The van der Waals surface area contributed by atoms with Crippen LogP contribution in [0.1, 0.15) is 24.0 Å². The number of H-pyrrole nitrogens is 2. The summed E-state index contributed by atoms with van der Waals surface area (Å²) in [5.41, 5.74) is 7.93. The molecule has 0 unspecified atom stereocenters. The minimum absolute atomic E-state index is 0.688. The predicted octanol–water partition coefficient (Wildman–Crippen LogP) is 3.62. The molecule has 0 amide bonds. The average molecular weight is 381 g/mol. The zero-order valence-electron chi connectivity index (χ0n) is 15.7. The Hall–Kier alpha value is -3.58. The molecule has 0 atom stereocenters. The van der Waals surface area contributed by atoms with Crippen LogP contribution in [0.15, 0.2) is 48.8 Å². The van der Waals surface area contributed by atoms with Gasteiger partial charge in [0, 0.05) is 24.5 Å². The minimum atomic E-state index is 0.688. The van der Waals surface area contributed by atoms with Crippen molar-refractivity contribution in [1.82, 2.24) is 35.5 Å². The molecule has 1 aliphatic carbocycles. The fourth-order valence-corrected chi connectivity index (χ4v) is 4.07. The zero-order chi connectivity index (χ0) is 19.2. The van der Waals surface area contributed by atoms with Crippen LogP contribution in [-0.4, -0.2) is 43.2 Å². The van der Waals surface area contributed by atoms with Crippen molar-refractivity contribution in [3.05, 3.63) is 60.0 Å². The lowest BCUT2D eigenvalue weighted by atomic mass is 10.0. The number of aromatic nitrogens is 6. The lowest BCUT2D eigenvalue weighted by Crippen LogP contribution is -2.20. The molecule has 142 valence electrons. The van der Waals surface area contributed by atoms with Crippen molar-refractivity contribution in [1.29, 1.82) is 0 Å². The lowest BCUT2D eigenvalue weighted by molar-refractivity contribution is 0.738. The van der Waals surface area contributed by atoms with Crippen LogP contribution in [0.4, 0.5) is 0 Å². The Morgan fingerprint density at radius 3 is 2.93 bits per heavy atom. The smallest absolute Gasteiger partial charge is 0.181 e. The van der Waals surface area contributed by atoms with Crippen molar-refractivity contribution in [2.45, 2.75) is 12.8 Å². The standard InChI is InChI=1S/C22H19N7/c1-2-4-14(3-1)16-7-10-24-21-18(16)26-22(27-21)19-17-11-15(12-25-20(17)29-28-19)13-5-8-23-9-6-13/h1,3-5,7,10-12,23H,2,6,8-9H2,(H,24,26,27)(H,25,28,29). The number of rotatable bonds is 3. The molecule has 4 aromatic rings. The van der Waals surface area contributed by atoms with E-state index in [0.717, 1.165) is 59.5 Å². The number of fused-ring (bicyclic) bond motifs is 2. The van der Waals surface area contributed by atoms with Crippen LogP contribution in [0.5, 0.6) is 0 Å². The Bertz CT molecular complexity index is 1340. The molecule has 0 spiro atoms. The maximum absolute atomic E-state index is 4.74. The van der Waals surface area contributed by atoms with Gasteiger partial charge in [0.05, 0.1) is 10.9 Å². The Morgan fingerprint density at radius 2 is 2.07 bits per heavy atom. The first-order valence-electron chi connectivity index (χ1n) is 9.83. The van der Waals surface area contributed by atoms with Gasteiger partial charge in [-0.1, -0.05) is 24.3 Å². The monoisotopic (exact) mass is 381 g/mol. The quantitative estimate of drug-likeness (QED) is 0.504. The molecule has 29 heavy (non-hydrogen) atoms. The first kappa shape index (κ1) is 16.4. The fraction of sp³-hybridized carbons (Fsp3) is 0.182. The second-order valence-corrected chi connectivity index (χ2v) is 7.32. The summed E-state index contributed by atoms with van der Waals surface area (Å²) < 4.78 is 0. The van der Waals surface area contributed by atoms with Crippen LogP contribution in [0.2, 0.25) is 0 Å². The molecule has 1 aliphatic heterocycles. The number of imidazole rings is 1. The van der Waals surface area contributed by atoms with E-state index in [1.54, 1.807) is 0 Å². The van der Waals surface area contributed by atoms with E-state index in [2.05, 4.69) is 60.8 Å². The molecular formula is C22H19N7. The van der Waals surface area contributed by atoms with E-state index < -0.39 is 0 Å². The highest BCUT2D eigenvalue weighted by Gasteiger charge is 2.17. The van der Waals surface area contributed by atoms with E-state index in [-0.39, 0.29) is 0 Å². The third-order valence-corrected chi connectivity index (χ3v) is 5.56. The molecule has 0 saturated carbocycles. The highest BCUT2D eigenvalue weighted by molar-refractivity contribution is 5.95. The molecule has 0 aromatic carbocycles. The molecule has 7 heteroatoms. The van der Waals surface area contributed by atoms with Crippen LogP contribution in [0.3, 0.4) is 0 Å². The molecule has 4 aromatic heterocycles. The summed E-state index contributed by atoms with van der Waals surface area (Å²) in [5.74, 6) is 0.725. The van der Waals surface area contributed by atoms with Crippen molar-refractivity contribution >= 4 is 33.3 Å². The summed E-state index contributed by atoms with van der Waals surface area (Å²) >= 11 is 0. The van der Waals surface area contributed by atoms with E-state index >= 15 is 0 Å². The van der Waals surface area contributed by atoms with Crippen LogP contribution >= 0.6 is 0 Å².